The Labute approximate surface area is 201 Å². The second-order valence-corrected chi connectivity index (χ2v) is 8.32. The van der Waals surface area contributed by atoms with Crippen LogP contribution >= 0.6 is 11.6 Å². The first kappa shape index (κ1) is 23.2. The van der Waals surface area contributed by atoms with E-state index in [0.29, 0.717) is 10.7 Å². The summed E-state index contributed by atoms with van der Waals surface area (Å²) in [7, 11) is 0. The van der Waals surface area contributed by atoms with E-state index < -0.39 is 23.2 Å². The molecule has 0 bridgehead atoms. The zero-order chi connectivity index (χ0) is 24.2. The van der Waals surface area contributed by atoms with Gasteiger partial charge < -0.3 is 5.32 Å². The number of carbonyl (C=O) groups excluding carboxylic acids is 1. The van der Waals surface area contributed by atoms with Gasteiger partial charge in [-0.2, -0.15) is 9.78 Å². The van der Waals surface area contributed by atoms with Crippen molar-refractivity contribution in [3.8, 4) is 5.69 Å². The van der Waals surface area contributed by atoms with Gasteiger partial charge in [0, 0.05) is 5.02 Å². The largest absolute Gasteiger partial charge is 0.352 e. The highest BCUT2D eigenvalue weighted by Gasteiger charge is 2.24. The van der Waals surface area contributed by atoms with E-state index in [2.05, 4.69) is 10.4 Å². The molecule has 0 saturated carbocycles. The number of hydrogen-bond acceptors (Lipinski definition) is 4. The van der Waals surface area contributed by atoms with Crippen LogP contribution in [0.4, 0.5) is 0 Å². The molecule has 0 spiro atoms. The molecule has 0 aliphatic heterocycles. The molecule has 3 aromatic carbocycles. The minimum Gasteiger partial charge on any atom is -0.344 e. The van der Waals surface area contributed by atoms with Gasteiger partial charge in [0.15, 0.2) is 0 Å². The van der Waals surface area contributed by atoms with Gasteiger partial charge in [-0.25, -0.2) is 9.36 Å². The summed E-state index contributed by atoms with van der Waals surface area (Å²) >= 11 is 6.00. The predicted octanol–water partition coefficient (Wildman–Crippen LogP) is 4.15. The Hall–Kier alpha value is -3.97. The summed E-state index contributed by atoms with van der Waals surface area (Å²) in [5.74, 6) is -0.668. The molecule has 0 saturated heterocycles. The molecule has 0 radical (unpaired) electrons. The van der Waals surface area contributed by atoms with Crippen LogP contribution in [0.5, 0.6) is 0 Å². The molecule has 0 aliphatic carbocycles. The quantitative estimate of drug-likeness (QED) is 0.455. The number of carbonyl (C=O) groups is 1. The Morgan fingerprint density at radius 3 is 2.00 bits per heavy atom. The van der Waals surface area contributed by atoms with E-state index in [0.717, 1.165) is 20.4 Å². The molecule has 34 heavy (non-hydrogen) atoms. The van der Waals surface area contributed by atoms with Gasteiger partial charge in [-0.05, 0) is 49.2 Å². The lowest BCUT2D eigenvalue weighted by molar-refractivity contribution is 0.0929. The van der Waals surface area contributed by atoms with Crippen molar-refractivity contribution in [2.75, 3.05) is 0 Å². The second-order valence-electron chi connectivity index (χ2n) is 7.89. The summed E-state index contributed by atoms with van der Waals surface area (Å²) in [6.07, 6.45) is 0. The summed E-state index contributed by atoms with van der Waals surface area (Å²) < 4.78 is 2.11. The number of amides is 1. The van der Waals surface area contributed by atoms with Gasteiger partial charge in [-0.1, -0.05) is 72.3 Å². The topological polar surface area (TPSA) is 86.0 Å². The van der Waals surface area contributed by atoms with Crippen LogP contribution in [0.3, 0.4) is 0 Å². The summed E-state index contributed by atoms with van der Waals surface area (Å²) in [6, 6.07) is 23.9. The van der Waals surface area contributed by atoms with Crippen LogP contribution in [0.1, 0.15) is 47.5 Å². The van der Waals surface area contributed by atoms with E-state index in [9.17, 15) is 14.4 Å². The van der Waals surface area contributed by atoms with Crippen molar-refractivity contribution in [3.63, 3.8) is 0 Å². The van der Waals surface area contributed by atoms with Crippen molar-refractivity contribution in [2.45, 2.75) is 25.9 Å². The molecular weight excluding hydrogens is 452 g/mol. The smallest absolute Gasteiger partial charge is 0.344 e. The zero-order valence-electron chi connectivity index (χ0n) is 18.7. The number of halogens is 1. The highest BCUT2D eigenvalue weighted by molar-refractivity contribution is 6.30. The molecular formula is C26H23ClN4O3. The van der Waals surface area contributed by atoms with E-state index in [4.69, 9.17) is 11.6 Å². The maximum Gasteiger partial charge on any atom is 0.352 e. The molecule has 0 fully saturated rings. The van der Waals surface area contributed by atoms with Crippen molar-refractivity contribution in [1.29, 1.82) is 0 Å². The van der Waals surface area contributed by atoms with Crippen molar-refractivity contribution in [3.05, 3.63) is 128 Å². The molecule has 2 atom stereocenters. The number of benzene rings is 3. The molecule has 8 heteroatoms. The third-order valence-corrected chi connectivity index (χ3v) is 5.86. The molecule has 4 rings (SSSR count). The van der Waals surface area contributed by atoms with Gasteiger partial charge >= 0.3 is 5.69 Å². The fourth-order valence-corrected chi connectivity index (χ4v) is 3.82. The van der Waals surface area contributed by atoms with Gasteiger partial charge in [0.05, 0.1) is 17.8 Å². The van der Waals surface area contributed by atoms with Gasteiger partial charge in [0.1, 0.15) is 0 Å². The van der Waals surface area contributed by atoms with E-state index in [1.54, 1.807) is 31.2 Å². The fraction of sp³-hybridized carbons (Fsp3) is 0.154. The van der Waals surface area contributed by atoms with Crippen molar-refractivity contribution >= 4 is 17.5 Å². The van der Waals surface area contributed by atoms with E-state index in [1.165, 1.54) is 0 Å². The van der Waals surface area contributed by atoms with E-state index >= 15 is 0 Å². The third-order valence-electron chi connectivity index (χ3n) is 5.61. The Morgan fingerprint density at radius 1 is 0.853 bits per heavy atom. The highest BCUT2D eigenvalue weighted by atomic mass is 35.5. The van der Waals surface area contributed by atoms with Crippen LogP contribution in [0.15, 0.2) is 94.5 Å². The van der Waals surface area contributed by atoms with Crippen LogP contribution in [-0.4, -0.2) is 20.3 Å². The number of nitrogens with one attached hydrogen (secondary N) is 1. The molecule has 1 N–H and O–H groups in total. The minimum atomic E-state index is -0.760. The predicted molar refractivity (Wildman–Crippen MR) is 132 cm³/mol. The van der Waals surface area contributed by atoms with Crippen molar-refractivity contribution < 1.29 is 4.79 Å². The fourth-order valence-electron chi connectivity index (χ4n) is 3.69. The lowest BCUT2D eigenvalue weighted by Gasteiger charge is -2.19. The van der Waals surface area contributed by atoms with Gasteiger partial charge in [-0.3, -0.25) is 9.59 Å². The zero-order valence-corrected chi connectivity index (χ0v) is 19.4. The highest BCUT2D eigenvalue weighted by Crippen LogP contribution is 2.16. The summed E-state index contributed by atoms with van der Waals surface area (Å²) in [6.45, 7) is 3.55. The first-order valence-corrected chi connectivity index (χ1v) is 11.2. The van der Waals surface area contributed by atoms with Crippen molar-refractivity contribution in [2.24, 2.45) is 0 Å². The Morgan fingerprint density at radius 2 is 1.41 bits per heavy atom. The Bertz CT molecular complexity index is 1410. The Balaban J connectivity index is 1.84. The average Bonchev–Trinajstić information content (AvgIpc) is 2.86. The van der Waals surface area contributed by atoms with Gasteiger partial charge in [0.25, 0.3) is 11.5 Å². The molecule has 0 unspecified atom stereocenters. The maximum absolute atomic E-state index is 13.4. The van der Waals surface area contributed by atoms with Crippen LogP contribution in [0.2, 0.25) is 5.02 Å². The summed E-state index contributed by atoms with van der Waals surface area (Å²) in [4.78, 5) is 40.0. The Kier molecular flexibility index (Phi) is 6.75. The number of hydrogen-bond donors (Lipinski definition) is 1. The molecule has 1 aromatic heterocycles. The molecule has 1 amide bonds. The lowest BCUT2D eigenvalue weighted by Crippen LogP contribution is -2.47. The maximum atomic E-state index is 13.4. The van der Waals surface area contributed by atoms with E-state index in [1.807, 2.05) is 67.6 Å². The normalized spacial score (nSPS) is 12.7. The SMILES string of the molecule is C[C@@H](NC(=O)c1nn(-c2ccc(Cl)cc2)c(=O)n([C@@H](C)c2ccccc2)c1=O)c1ccccc1. The summed E-state index contributed by atoms with van der Waals surface area (Å²) in [5, 5.41) is 7.47. The number of rotatable bonds is 6. The van der Waals surface area contributed by atoms with Gasteiger partial charge in [-0.15, -0.1) is 0 Å². The monoisotopic (exact) mass is 474 g/mol. The third kappa shape index (κ3) is 4.70. The molecule has 4 aromatic rings. The summed E-state index contributed by atoms with van der Waals surface area (Å²) in [5.41, 5.74) is 0.216. The first-order valence-electron chi connectivity index (χ1n) is 10.8. The first-order chi connectivity index (χ1) is 16.4. The van der Waals surface area contributed by atoms with E-state index in [-0.39, 0.29) is 11.7 Å². The second kappa shape index (κ2) is 9.89. The van der Waals surface area contributed by atoms with Crippen LogP contribution in [-0.2, 0) is 0 Å². The molecule has 172 valence electrons. The number of nitrogens with zero attached hydrogens (tertiary/aromatic N) is 3. The van der Waals surface area contributed by atoms with Crippen LogP contribution in [0.25, 0.3) is 5.69 Å². The average molecular weight is 475 g/mol. The van der Waals surface area contributed by atoms with Crippen molar-refractivity contribution in [1.82, 2.24) is 19.7 Å². The van der Waals surface area contributed by atoms with Gasteiger partial charge in [0.2, 0.25) is 5.69 Å². The number of aromatic nitrogens is 3. The standard InChI is InChI=1S/C26H23ClN4O3/c1-17(19-9-5-3-6-10-19)28-24(32)23-25(33)30(18(2)20-11-7-4-8-12-20)26(34)31(29-23)22-15-13-21(27)14-16-22/h3-18H,1-2H3,(H,28,32)/t17-,18+/m1/s1. The lowest BCUT2D eigenvalue weighted by atomic mass is 10.1. The minimum absolute atomic E-state index is 0.370. The molecule has 0 aliphatic rings. The van der Waals surface area contributed by atoms with Crippen LogP contribution in [0, 0.1) is 0 Å². The molecule has 1 heterocycles. The molecule has 7 nitrogen and oxygen atoms in total. The van der Waals surface area contributed by atoms with Crippen LogP contribution < -0.4 is 16.6 Å².